The summed E-state index contributed by atoms with van der Waals surface area (Å²) in [7, 11) is 0. The summed E-state index contributed by atoms with van der Waals surface area (Å²) >= 11 is 0. The number of rotatable bonds is 22. The molecule has 2 fully saturated rings. The Kier molecular flexibility index (Phi) is 18.8. The molecule has 0 spiro atoms. The number of nitrogens with zero attached hydrogens (tertiary/aromatic N) is 1. The van der Waals surface area contributed by atoms with Gasteiger partial charge < -0.3 is 56.8 Å². The summed E-state index contributed by atoms with van der Waals surface area (Å²) in [6.07, 6.45) is -14.1. The van der Waals surface area contributed by atoms with Crippen molar-refractivity contribution in [1.82, 2.24) is 4.90 Å². The van der Waals surface area contributed by atoms with E-state index in [0.717, 1.165) is 29.9 Å². The quantitative estimate of drug-likeness (QED) is 0.0359. The van der Waals surface area contributed by atoms with Crippen LogP contribution in [0.4, 0.5) is 9.59 Å². The Balaban J connectivity index is 1.36. The van der Waals surface area contributed by atoms with E-state index < -0.39 is 104 Å². The Hall–Kier alpha value is -7.26. The van der Waals surface area contributed by atoms with Gasteiger partial charge in [-0.3, -0.25) is 24.1 Å². The van der Waals surface area contributed by atoms with Crippen molar-refractivity contribution in [2.24, 2.45) is 0 Å². The third-order valence-corrected chi connectivity index (χ3v) is 11.4. The standard InChI is InChI=1S/C53H55NO18/c1-5-26-62-52(59)66-32-41-44(67-33(3)55)46(72-53(60)63-27-6-2)47(68-34(4)56)51(70-41)71-43-40(31-61-28-35-18-10-7-11-19-35)69-50(65-30-37-22-14-9-15-23-37)42(45(43)64-29-36-20-12-8-13-21-36)54-48(57)38-24-16-17-25-39(38)49(54)58/h5-25,40-47,50-51H,1-2,26-32H2,3-4H3/t40-,41-,42-,43-,44-,45-,46+,47+,50-,51+/m1/s1. The number of benzene rings is 4. The molecule has 0 radical (unpaired) electrons. The average molecular weight is 994 g/mol. The third-order valence-electron chi connectivity index (χ3n) is 11.4. The minimum absolute atomic E-state index is 0.0462. The largest absolute Gasteiger partial charge is 0.509 e. The van der Waals surface area contributed by atoms with Gasteiger partial charge in [0, 0.05) is 13.8 Å². The van der Waals surface area contributed by atoms with Gasteiger partial charge in [-0.05, 0) is 28.8 Å². The number of amides is 2. The van der Waals surface area contributed by atoms with Gasteiger partial charge in [-0.2, -0.15) is 0 Å². The number of esters is 2. The second kappa shape index (κ2) is 25.7. The molecule has 0 aromatic heterocycles. The van der Waals surface area contributed by atoms with Gasteiger partial charge in [0.15, 0.2) is 30.9 Å². The topological polar surface area (TPSA) is 216 Å². The van der Waals surface area contributed by atoms with Crippen LogP contribution in [0.15, 0.2) is 141 Å². The van der Waals surface area contributed by atoms with Crippen LogP contribution < -0.4 is 0 Å². The van der Waals surface area contributed by atoms with E-state index in [2.05, 4.69) is 13.2 Å². The summed E-state index contributed by atoms with van der Waals surface area (Å²) in [6, 6.07) is 32.4. The molecule has 0 N–H and O–H groups in total. The Morgan fingerprint density at radius 2 is 1.01 bits per heavy atom. The highest BCUT2D eigenvalue weighted by atomic mass is 16.8. The molecular formula is C53H55NO18. The second-order valence-corrected chi connectivity index (χ2v) is 16.5. The maximum absolute atomic E-state index is 14.6. The number of carbonyl (C=O) groups is 6. The van der Waals surface area contributed by atoms with Gasteiger partial charge in [-0.25, -0.2) is 9.59 Å². The Labute approximate surface area is 415 Å². The molecule has 4 aromatic rings. The molecule has 0 saturated carbocycles. The molecule has 0 aliphatic carbocycles. The molecule has 3 heterocycles. The smallest absolute Gasteiger partial charge is 0.455 e. The molecule has 3 aliphatic heterocycles. The fourth-order valence-electron chi connectivity index (χ4n) is 8.31. The van der Waals surface area contributed by atoms with Crippen LogP contribution in [-0.4, -0.2) is 129 Å². The lowest BCUT2D eigenvalue weighted by Gasteiger charge is -2.50. The molecule has 0 bridgehead atoms. The van der Waals surface area contributed by atoms with Crippen molar-refractivity contribution in [2.45, 2.75) is 95.0 Å². The summed E-state index contributed by atoms with van der Waals surface area (Å²) in [5.74, 6) is -3.17. The lowest BCUT2D eigenvalue weighted by atomic mass is 9.93. The molecule has 2 saturated heterocycles. The molecule has 7 rings (SSSR count). The number of hydrogen-bond acceptors (Lipinski definition) is 18. The summed E-state index contributed by atoms with van der Waals surface area (Å²) < 4.78 is 72.7. The number of imide groups is 1. The van der Waals surface area contributed by atoms with E-state index in [1.165, 1.54) is 24.3 Å². The zero-order valence-corrected chi connectivity index (χ0v) is 39.6. The van der Waals surface area contributed by atoms with Crippen molar-refractivity contribution >= 4 is 36.1 Å². The van der Waals surface area contributed by atoms with Crippen molar-refractivity contribution in [3.05, 3.63) is 168 Å². The predicted octanol–water partition coefficient (Wildman–Crippen LogP) is 6.42. The number of carbonyl (C=O) groups excluding carboxylic acids is 6. The molecule has 19 nitrogen and oxygen atoms in total. The molecule has 3 aliphatic rings. The summed E-state index contributed by atoms with van der Waals surface area (Å²) in [4.78, 5) is 82.2. The van der Waals surface area contributed by atoms with E-state index in [4.69, 9.17) is 56.8 Å². The fraction of sp³-hybridized carbons (Fsp3) is 0.358. The molecular weight excluding hydrogens is 939 g/mol. The zero-order valence-electron chi connectivity index (χ0n) is 39.6. The minimum Gasteiger partial charge on any atom is -0.455 e. The monoisotopic (exact) mass is 993 g/mol. The highest BCUT2D eigenvalue weighted by molar-refractivity contribution is 6.21. The van der Waals surface area contributed by atoms with Gasteiger partial charge in [0.25, 0.3) is 11.8 Å². The maximum Gasteiger partial charge on any atom is 0.509 e. The van der Waals surface area contributed by atoms with Crippen molar-refractivity contribution in [1.29, 1.82) is 0 Å². The maximum atomic E-state index is 14.6. The Bertz CT molecular complexity index is 2460. The number of fused-ring (bicyclic) bond motifs is 1. The van der Waals surface area contributed by atoms with Gasteiger partial charge in [0.2, 0.25) is 0 Å². The van der Waals surface area contributed by atoms with Crippen LogP contribution in [0.25, 0.3) is 0 Å². The van der Waals surface area contributed by atoms with Crippen LogP contribution >= 0.6 is 0 Å². The first-order valence-corrected chi connectivity index (χ1v) is 23.0. The van der Waals surface area contributed by atoms with Gasteiger partial charge in [0.05, 0.1) is 37.6 Å². The van der Waals surface area contributed by atoms with Crippen LogP contribution in [-0.2, 0) is 86.3 Å². The van der Waals surface area contributed by atoms with Crippen molar-refractivity contribution in [3.63, 3.8) is 0 Å². The predicted molar refractivity (Wildman–Crippen MR) is 250 cm³/mol. The normalized spacial score (nSPS) is 24.6. The summed E-state index contributed by atoms with van der Waals surface area (Å²) in [5.41, 5.74) is 2.47. The summed E-state index contributed by atoms with van der Waals surface area (Å²) in [5, 5.41) is 0. The van der Waals surface area contributed by atoms with E-state index in [-0.39, 0.29) is 50.8 Å². The Morgan fingerprint density at radius 1 is 0.528 bits per heavy atom. The summed E-state index contributed by atoms with van der Waals surface area (Å²) in [6.45, 7) is 7.63. The first-order valence-electron chi connectivity index (χ1n) is 23.0. The lowest BCUT2D eigenvalue weighted by Crippen LogP contribution is -2.69. The van der Waals surface area contributed by atoms with Gasteiger partial charge >= 0.3 is 24.2 Å². The van der Waals surface area contributed by atoms with Gasteiger partial charge in [-0.15, -0.1) is 0 Å². The molecule has 380 valence electrons. The minimum atomic E-state index is -1.85. The van der Waals surface area contributed by atoms with Crippen LogP contribution in [0.5, 0.6) is 0 Å². The van der Waals surface area contributed by atoms with Crippen molar-refractivity contribution < 1.29 is 85.6 Å². The first-order chi connectivity index (χ1) is 34.9. The SMILES string of the molecule is C=CCOC(=O)OC[C@H]1O[C@@H](O[C@H]2[C@H](OCc3ccccc3)[C@@H](N3C(=O)c4ccccc4C3=O)[C@H](OCc3ccccc3)O[C@@H]2COCc2ccccc2)[C@@H](OC(C)=O)[C@@H](OC(=O)OCC=C)[C@@H]1OC(C)=O. The van der Waals surface area contributed by atoms with E-state index in [1.807, 2.05) is 78.9 Å². The molecule has 0 unspecified atom stereocenters. The van der Waals surface area contributed by atoms with Crippen LogP contribution in [0.2, 0.25) is 0 Å². The fourth-order valence-corrected chi connectivity index (χ4v) is 8.31. The van der Waals surface area contributed by atoms with E-state index in [0.29, 0.717) is 5.56 Å². The van der Waals surface area contributed by atoms with E-state index >= 15 is 0 Å². The Morgan fingerprint density at radius 3 is 1.57 bits per heavy atom. The van der Waals surface area contributed by atoms with E-state index in [1.54, 1.807) is 24.3 Å². The highest BCUT2D eigenvalue weighted by Gasteiger charge is 2.59. The first kappa shape index (κ1) is 52.6. The van der Waals surface area contributed by atoms with Crippen LogP contribution in [0, 0.1) is 0 Å². The second-order valence-electron chi connectivity index (χ2n) is 16.5. The molecule has 4 aromatic carbocycles. The third kappa shape index (κ3) is 13.6. The van der Waals surface area contributed by atoms with Crippen molar-refractivity contribution in [3.8, 4) is 0 Å². The van der Waals surface area contributed by atoms with Gasteiger partial charge in [0.1, 0.15) is 50.3 Å². The van der Waals surface area contributed by atoms with Gasteiger partial charge in [-0.1, -0.05) is 128 Å². The highest BCUT2D eigenvalue weighted by Crippen LogP contribution is 2.39. The van der Waals surface area contributed by atoms with Crippen molar-refractivity contribution in [2.75, 3.05) is 26.4 Å². The molecule has 2 amide bonds. The number of ether oxygens (including phenoxy) is 12. The average Bonchev–Trinajstić information content (AvgIpc) is 3.63. The van der Waals surface area contributed by atoms with Crippen LogP contribution in [0.1, 0.15) is 51.3 Å². The van der Waals surface area contributed by atoms with Crippen LogP contribution in [0.3, 0.4) is 0 Å². The molecule has 10 atom stereocenters. The van der Waals surface area contributed by atoms with E-state index in [9.17, 15) is 28.8 Å². The number of hydrogen-bond donors (Lipinski definition) is 0. The molecule has 72 heavy (non-hydrogen) atoms. The molecule has 19 heteroatoms. The lowest BCUT2D eigenvalue weighted by molar-refractivity contribution is -0.357. The zero-order chi connectivity index (χ0) is 51.0.